The molecule has 156 valence electrons. The molecule has 31 heavy (non-hydrogen) atoms. The molecule has 1 amide bonds. The highest BCUT2D eigenvalue weighted by atomic mass is 79.9. The van der Waals surface area contributed by atoms with Gasteiger partial charge in [-0.15, -0.1) is 10.2 Å². The van der Waals surface area contributed by atoms with Gasteiger partial charge in [0, 0.05) is 20.8 Å². The van der Waals surface area contributed by atoms with Crippen LogP contribution in [0.1, 0.15) is 5.56 Å². The number of hydrogen-bond acceptors (Lipinski definition) is 5. The van der Waals surface area contributed by atoms with Gasteiger partial charge in [-0.2, -0.15) is 0 Å². The minimum absolute atomic E-state index is 0.141. The standard InChI is InChI=1S/C22H17Br2N5OS/c1-14-11-16(23)20(17(24)12-14)26-19(30)13-31-22-28-27-21(18-9-5-6-10-25-18)29(22)15-7-3-2-4-8-15/h2-12H,13H2,1H3,(H,26,30). The maximum atomic E-state index is 12.7. The molecule has 0 aliphatic carbocycles. The van der Waals surface area contributed by atoms with Crippen molar-refractivity contribution in [3.05, 3.63) is 81.4 Å². The van der Waals surface area contributed by atoms with Crippen molar-refractivity contribution in [2.75, 3.05) is 11.1 Å². The molecule has 0 aliphatic rings. The number of halogens is 2. The first kappa shape index (κ1) is 21.7. The number of pyridine rings is 1. The van der Waals surface area contributed by atoms with Gasteiger partial charge in [0.1, 0.15) is 5.69 Å². The van der Waals surface area contributed by atoms with Gasteiger partial charge in [0.15, 0.2) is 11.0 Å². The fourth-order valence-electron chi connectivity index (χ4n) is 2.96. The Kier molecular flexibility index (Phi) is 6.84. The molecule has 0 aliphatic heterocycles. The normalized spacial score (nSPS) is 10.8. The lowest BCUT2D eigenvalue weighted by Gasteiger charge is -2.12. The number of rotatable bonds is 6. The number of benzene rings is 2. The topological polar surface area (TPSA) is 72.7 Å². The summed E-state index contributed by atoms with van der Waals surface area (Å²) in [6, 6.07) is 19.4. The predicted octanol–water partition coefficient (Wildman–Crippen LogP) is 5.89. The maximum absolute atomic E-state index is 12.7. The first-order chi connectivity index (χ1) is 15.0. The summed E-state index contributed by atoms with van der Waals surface area (Å²) >= 11 is 8.34. The number of carbonyl (C=O) groups excluding carboxylic acids is 1. The molecule has 0 atom stereocenters. The molecular formula is C22H17Br2N5OS. The molecule has 0 unspecified atom stereocenters. The van der Waals surface area contributed by atoms with Crippen molar-refractivity contribution in [2.45, 2.75) is 12.1 Å². The van der Waals surface area contributed by atoms with Gasteiger partial charge in [-0.05, 0) is 80.7 Å². The van der Waals surface area contributed by atoms with Gasteiger partial charge in [-0.1, -0.05) is 36.0 Å². The van der Waals surface area contributed by atoms with Gasteiger partial charge in [-0.25, -0.2) is 0 Å². The fraction of sp³-hybridized carbons (Fsp3) is 0.0909. The Labute approximate surface area is 200 Å². The highest BCUT2D eigenvalue weighted by molar-refractivity contribution is 9.11. The van der Waals surface area contributed by atoms with Gasteiger partial charge in [0.05, 0.1) is 11.4 Å². The van der Waals surface area contributed by atoms with Crippen molar-refractivity contribution >= 4 is 55.2 Å². The van der Waals surface area contributed by atoms with Gasteiger partial charge >= 0.3 is 0 Å². The molecule has 6 nitrogen and oxygen atoms in total. The number of anilines is 1. The van der Waals surface area contributed by atoms with Crippen LogP contribution in [0.25, 0.3) is 17.2 Å². The molecule has 0 spiro atoms. The zero-order valence-corrected chi connectivity index (χ0v) is 20.4. The van der Waals surface area contributed by atoms with Crippen molar-refractivity contribution in [3.8, 4) is 17.2 Å². The highest BCUT2D eigenvalue weighted by Gasteiger charge is 2.18. The van der Waals surface area contributed by atoms with Crippen LogP contribution < -0.4 is 5.32 Å². The molecule has 2 heterocycles. The lowest BCUT2D eigenvalue weighted by atomic mass is 10.2. The summed E-state index contributed by atoms with van der Waals surface area (Å²) < 4.78 is 3.56. The summed E-state index contributed by atoms with van der Waals surface area (Å²) in [4.78, 5) is 17.1. The van der Waals surface area contributed by atoms with E-state index in [9.17, 15) is 4.79 Å². The van der Waals surface area contributed by atoms with Gasteiger partial charge < -0.3 is 5.32 Å². The third-order valence-electron chi connectivity index (χ3n) is 4.32. The third-order valence-corrected chi connectivity index (χ3v) is 6.50. The van der Waals surface area contributed by atoms with Crippen LogP contribution in [-0.4, -0.2) is 31.4 Å². The highest BCUT2D eigenvalue weighted by Crippen LogP contribution is 2.33. The second kappa shape index (κ2) is 9.76. The molecule has 9 heteroatoms. The Morgan fingerprint density at radius 2 is 1.74 bits per heavy atom. The number of aryl methyl sites for hydroxylation is 1. The van der Waals surface area contributed by atoms with Crippen LogP contribution in [0, 0.1) is 6.92 Å². The first-order valence-electron chi connectivity index (χ1n) is 9.33. The van der Waals surface area contributed by atoms with Crippen LogP contribution in [0.15, 0.2) is 81.0 Å². The average Bonchev–Trinajstić information content (AvgIpc) is 3.20. The number of nitrogens with one attached hydrogen (secondary N) is 1. The zero-order chi connectivity index (χ0) is 21.8. The predicted molar refractivity (Wildman–Crippen MR) is 131 cm³/mol. The van der Waals surface area contributed by atoms with Crippen LogP contribution in [0.3, 0.4) is 0 Å². The van der Waals surface area contributed by atoms with Crippen LogP contribution >= 0.6 is 43.6 Å². The molecular weight excluding hydrogens is 542 g/mol. The molecule has 0 fully saturated rings. The second-order valence-corrected chi connectivity index (χ2v) is 9.28. The number of thioether (sulfide) groups is 1. The molecule has 0 bridgehead atoms. The Morgan fingerprint density at radius 1 is 1.03 bits per heavy atom. The number of amides is 1. The summed E-state index contributed by atoms with van der Waals surface area (Å²) in [5.74, 6) is 0.663. The third kappa shape index (κ3) is 5.06. The number of aromatic nitrogens is 4. The molecule has 2 aromatic carbocycles. The zero-order valence-electron chi connectivity index (χ0n) is 16.4. The summed E-state index contributed by atoms with van der Waals surface area (Å²) in [5.41, 5.74) is 3.40. The average molecular weight is 559 g/mol. The Bertz CT molecular complexity index is 1190. The van der Waals surface area contributed by atoms with Crippen molar-refractivity contribution in [3.63, 3.8) is 0 Å². The van der Waals surface area contributed by atoms with E-state index in [1.165, 1.54) is 11.8 Å². The monoisotopic (exact) mass is 557 g/mol. The summed E-state index contributed by atoms with van der Waals surface area (Å²) in [6.45, 7) is 1.99. The van der Waals surface area contributed by atoms with E-state index in [0.717, 1.165) is 20.2 Å². The van der Waals surface area contributed by atoms with E-state index in [1.807, 2.05) is 72.2 Å². The largest absolute Gasteiger partial charge is 0.323 e. The minimum Gasteiger partial charge on any atom is -0.323 e. The van der Waals surface area contributed by atoms with Crippen LogP contribution in [0.5, 0.6) is 0 Å². The summed E-state index contributed by atoms with van der Waals surface area (Å²) in [6.07, 6.45) is 1.72. The van der Waals surface area contributed by atoms with Crippen molar-refractivity contribution in [1.82, 2.24) is 19.7 Å². The molecule has 2 aromatic heterocycles. The molecule has 4 rings (SSSR count). The molecule has 1 N–H and O–H groups in total. The van der Waals surface area contributed by atoms with E-state index >= 15 is 0 Å². The number of carbonyl (C=O) groups is 1. The fourth-order valence-corrected chi connectivity index (χ4v) is 5.32. The van der Waals surface area contributed by atoms with E-state index in [1.54, 1.807) is 6.20 Å². The SMILES string of the molecule is Cc1cc(Br)c(NC(=O)CSc2nnc(-c3ccccn3)n2-c2ccccc2)c(Br)c1. The van der Waals surface area contributed by atoms with Crippen molar-refractivity contribution in [1.29, 1.82) is 0 Å². The van der Waals surface area contributed by atoms with Crippen LogP contribution in [0.2, 0.25) is 0 Å². The van der Waals surface area contributed by atoms with Gasteiger partial charge in [-0.3, -0.25) is 14.3 Å². The molecule has 0 saturated heterocycles. The maximum Gasteiger partial charge on any atom is 0.234 e. The van der Waals surface area contributed by atoms with Gasteiger partial charge in [0.25, 0.3) is 0 Å². The first-order valence-corrected chi connectivity index (χ1v) is 11.9. The molecule has 0 radical (unpaired) electrons. The van der Waals surface area contributed by atoms with Crippen LogP contribution in [-0.2, 0) is 4.79 Å². The number of para-hydroxylation sites is 1. The summed E-state index contributed by atoms with van der Waals surface area (Å²) in [5, 5.41) is 12.2. The Hall–Kier alpha value is -2.49. The van der Waals surface area contributed by atoms with E-state index in [2.05, 4.69) is 52.4 Å². The second-order valence-electron chi connectivity index (χ2n) is 6.63. The molecule has 0 saturated carbocycles. The van der Waals surface area contributed by atoms with Crippen molar-refractivity contribution in [2.24, 2.45) is 0 Å². The van der Waals surface area contributed by atoms with Crippen molar-refractivity contribution < 1.29 is 4.79 Å². The smallest absolute Gasteiger partial charge is 0.234 e. The van der Waals surface area contributed by atoms with E-state index < -0.39 is 0 Å². The molecule has 4 aromatic rings. The van der Waals surface area contributed by atoms with E-state index in [4.69, 9.17) is 0 Å². The van der Waals surface area contributed by atoms with Gasteiger partial charge in [0.2, 0.25) is 5.91 Å². The number of nitrogens with zero attached hydrogens (tertiary/aromatic N) is 4. The number of hydrogen-bond donors (Lipinski definition) is 1. The Balaban J connectivity index is 1.58. The van der Waals surface area contributed by atoms with Crippen LogP contribution in [0.4, 0.5) is 5.69 Å². The summed E-state index contributed by atoms with van der Waals surface area (Å²) in [7, 11) is 0. The van der Waals surface area contributed by atoms with E-state index in [-0.39, 0.29) is 11.7 Å². The quantitative estimate of drug-likeness (QED) is 0.298. The lowest BCUT2D eigenvalue weighted by molar-refractivity contribution is -0.113. The lowest BCUT2D eigenvalue weighted by Crippen LogP contribution is -2.15. The van der Waals surface area contributed by atoms with E-state index in [0.29, 0.717) is 22.4 Å². The minimum atomic E-state index is -0.141. The Morgan fingerprint density at radius 3 is 2.42 bits per heavy atom.